The molecule has 0 saturated heterocycles. The van der Waals surface area contributed by atoms with Crippen LogP contribution in [0.4, 0.5) is 13.2 Å². The van der Waals surface area contributed by atoms with Crippen molar-refractivity contribution in [3.63, 3.8) is 0 Å². The summed E-state index contributed by atoms with van der Waals surface area (Å²) in [5, 5.41) is 5.18. The third-order valence-corrected chi connectivity index (χ3v) is 2.45. The van der Waals surface area contributed by atoms with E-state index >= 15 is 0 Å². The summed E-state index contributed by atoms with van der Waals surface area (Å²) in [5.41, 5.74) is 0.612. The summed E-state index contributed by atoms with van der Waals surface area (Å²) in [7, 11) is 1.49. The molecule has 0 spiro atoms. The first-order valence-electron chi connectivity index (χ1n) is 6.65. The zero-order valence-electron chi connectivity index (χ0n) is 12.6. The molecule has 0 fully saturated rings. The van der Waals surface area contributed by atoms with E-state index < -0.39 is 25.2 Å². The second kappa shape index (κ2) is 8.86. The van der Waals surface area contributed by atoms with Crippen LogP contribution in [0.3, 0.4) is 0 Å². The number of hydrogen-bond donors (Lipinski definition) is 1. The summed E-state index contributed by atoms with van der Waals surface area (Å²) in [4.78, 5) is 15.7. The smallest absolute Gasteiger partial charge is 0.405 e. The number of halogens is 3. The van der Waals surface area contributed by atoms with E-state index in [0.717, 1.165) is 0 Å². The number of methoxy groups -OCH3 is 1. The number of amides is 1. The molecular formula is C14H17F3N2O4. The number of rotatable bonds is 8. The molecule has 0 aliphatic heterocycles. The SMILES string of the molecule is CCOc1ccc(/C=N\OCC(=O)NCC(F)(F)F)cc1OC. The molecule has 1 N–H and O–H groups in total. The molecule has 128 valence electrons. The highest BCUT2D eigenvalue weighted by molar-refractivity contribution is 5.81. The zero-order valence-corrected chi connectivity index (χ0v) is 12.6. The Balaban J connectivity index is 2.47. The van der Waals surface area contributed by atoms with Gasteiger partial charge in [-0.1, -0.05) is 5.16 Å². The van der Waals surface area contributed by atoms with Gasteiger partial charge in [0.05, 0.1) is 19.9 Å². The predicted octanol–water partition coefficient (Wildman–Crippen LogP) is 2.12. The molecular weight excluding hydrogens is 317 g/mol. The van der Waals surface area contributed by atoms with E-state index in [4.69, 9.17) is 9.47 Å². The van der Waals surface area contributed by atoms with Crippen LogP contribution in [0.25, 0.3) is 0 Å². The van der Waals surface area contributed by atoms with Crippen molar-refractivity contribution in [2.45, 2.75) is 13.1 Å². The summed E-state index contributed by atoms with van der Waals surface area (Å²) in [6.45, 7) is 0.308. The van der Waals surface area contributed by atoms with Crippen molar-refractivity contribution in [3.8, 4) is 11.5 Å². The van der Waals surface area contributed by atoms with Gasteiger partial charge in [-0.05, 0) is 25.1 Å². The van der Waals surface area contributed by atoms with Gasteiger partial charge in [-0.25, -0.2) is 0 Å². The lowest BCUT2D eigenvalue weighted by atomic mass is 10.2. The van der Waals surface area contributed by atoms with E-state index in [1.165, 1.54) is 13.3 Å². The lowest BCUT2D eigenvalue weighted by Gasteiger charge is -2.09. The van der Waals surface area contributed by atoms with Crippen molar-refractivity contribution in [1.29, 1.82) is 0 Å². The van der Waals surface area contributed by atoms with Crippen molar-refractivity contribution in [3.05, 3.63) is 23.8 Å². The second-order valence-corrected chi connectivity index (χ2v) is 4.24. The first-order chi connectivity index (χ1) is 10.9. The van der Waals surface area contributed by atoms with Gasteiger partial charge in [0.2, 0.25) is 0 Å². The Kier molecular flexibility index (Phi) is 7.17. The summed E-state index contributed by atoms with van der Waals surface area (Å²) < 4.78 is 46.1. The van der Waals surface area contributed by atoms with Gasteiger partial charge in [-0.15, -0.1) is 0 Å². The molecule has 1 rings (SSSR count). The predicted molar refractivity (Wildman–Crippen MR) is 76.8 cm³/mol. The maximum atomic E-state index is 11.9. The van der Waals surface area contributed by atoms with E-state index in [9.17, 15) is 18.0 Å². The molecule has 0 radical (unpaired) electrons. The number of nitrogens with zero attached hydrogens (tertiary/aromatic N) is 1. The Labute approximate surface area is 131 Å². The van der Waals surface area contributed by atoms with E-state index in [2.05, 4.69) is 9.99 Å². The molecule has 0 aromatic heterocycles. The van der Waals surface area contributed by atoms with Crippen LogP contribution in [-0.2, 0) is 9.63 Å². The topological polar surface area (TPSA) is 69.2 Å². The average Bonchev–Trinajstić information content (AvgIpc) is 2.50. The van der Waals surface area contributed by atoms with Crippen molar-refractivity contribution >= 4 is 12.1 Å². The minimum atomic E-state index is -4.46. The standard InChI is InChI=1S/C14H17F3N2O4/c1-3-22-11-5-4-10(6-12(11)21-2)7-19-23-8-13(20)18-9-14(15,16)17/h4-7H,3,8-9H2,1-2H3,(H,18,20)/b19-7-. The fourth-order valence-corrected chi connectivity index (χ4v) is 1.48. The Hall–Kier alpha value is -2.45. The lowest BCUT2D eigenvalue weighted by Crippen LogP contribution is -2.35. The van der Waals surface area contributed by atoms with Gasteiger partial charge >= 0.3 is 6.18 Å². The van der Waals surface area contributed by atoms with Gasteiger partial charge in [-0.3, -0.25) is 4.79 Å². The van der Waals surface area contributed by atoms with E-state index in [1.54, 1.807) is 23.5 Å². The molecule has 9 heteroatoms. The second-order valence-electron chi connectivity index (χ2n) is 4.24. The van der Waals surface area contributed by atoms with Crippen molar-refractivity contribution in [1.82, 2.24) is 5.32 Å². The fraction of sp³-hybridized carbons (Fsp3) is 0.429. The minimum absolute atomic E-state index is 0.486. The Bertz CT molecular complexity index is 547. The molecule has 0 aliphatic carbocycles. The van der Waals surface area contributed by atoms with Crippen molar-refractivity contribution < 1.29 is 32.3 Å². The van der Waals surface area contributed by atoms with E-state index in [-0.39, 0.29) is 0 Å². The summed E-state index contributed by atoms with van der Waals surface area (Å²) >= 11 is 0. The number of benzene rings is 1. The van der Waals surface area contributed by atoms with E-state index in [1.807, 2.05) is 6.92 Å². The summed E-state index contributed by atoms with van der Waals surface area (Å²) in [6, 6.07) is 5.01. The molecule has 1 aromatic rings. The van der Waals surface area contributed by atoms with Gasteiger partial charge in [0.25, 0.3) is 5.91 Å². The van der Waals surface area contributed by atoms with Gasteiger partial charge in [0, 0.05) is 5.56 Å². The van der Waals surface area contributed by atoms with Crippen LogP contribution in [0.2, 0.25) is 0 Å². The van der Waals surface area contributed by atoms with Crippen molar-refractivity contribution in [2.24, 2.45) is 5.16 Å². The highest BCUT2D eigenvalue weighted by atomic mass is 19.4. The normalized spacial score (nSPS) is 11.3. The van der Waals surface area contributed by atoms with Gasteiger partial charge in [0.1, 0.15) is 6.54 Å². The van der Waals surface area contributed by atoms with Crippen LogP contribution in [0, 0.1) is 0 Å². The molecule has 23 heavy (non-hydrogen) atoms. The highest BCUT2D eigenvalue weighted by Gasteiger charge is 2.27. The molecule has 0 saturated carbocycles. The Morgan fingerprint density at radius 3 is 2.70 bits per heavy atom. The van der Waals surface area contributed by atoms with Crippen LogP contribution in [-0.4, -0.2) is 45.2 Å². The maximum Gasteiger partial charge on any atom is 0.405 e. The third-order valence-electron chi connectivity index (χ3n) is 2.45. The first kappa shape index (κ1) is 18.6. The number of oxime groups is 1. The highest BCUT2D eigenvalue weighted by Crippen LogP contribution is 2.27. The summed E-state index contributed by atoms with van der Waals surface area (Å²) in [6.07, 6.45) is -3.16. The van der Waals surface area contributed by atoms with Crippen molar-refractivity contribution in [2.75, 3.05) is 26.9 Å². The van der Waals surface area contributed by atoms with Crippen LogP contribution >= 0.6 is 0 Å². The number of ether oxygens (including phenoxy) is 2. The lowest BCUT2D eigenvalue weighted by molar-refractivity contribution is -0.141. The molecule has 1 aromatic carbocycles. The number of hydrogen-bond acceptors (Lipinski definition) is 5. The number of carbonyl (C=O) groups is 1. The van der Waals surface area contributed by atoms with Crippen LogP contribution < -0.4 is 14.8 Å². The average molecular weight is 334 g/mol. The largest absolute Gasteiger partial charge is 0.493 e. The monoisotopic (exact) mass is 334 g/mol. The van der Waals surface area contributed by atoms with Gasteiger partial charge < -0.3 is 19.6 Å². The molecule has 0 aliphatic rings. The fourth-order valence-electron chi connectivity index (χ4n) is 1.48. The van der Waals surface area contributed by atoms with Crippen LogP contribution in [0.15, 0.2) is 23.4 Å². The number of alkyl halides is 3. The first-order valence-corrected chi connectivity index (χ1v) is 6.65. The molecule has 0 heterocycles. The Morgan fingerprint density at radius 2 is 2.09 bits per heavy atom. The third kappa shape index (κ3) is 7.39. The quantitative estimate of drug-likeness (QED) is 0.584. The number of carbonyl (C=O) groups excluding carboxylic acids is 1. The molecule has 0 unspecified atom stereocenters. The minimum Gasteiger partial charge on any atom is -0.493 e. The molecule has 1 amide bonds. The van der Waals surface area contributed by atoms with Gasteiger partial charge in [-0.2, -0.15) is 13.2 Å². The Morgan fingerprint density at radius 1 is 1.35 bits per heavy atom. The molecule has 0 bridgehead atoms. The zero-order chi connectivity index (χ0) is 17.3. The van der Waals surface area contributed by atoms with Crippen LogP contribution in [0.5, 0.6) is 11.5 Å². The van der Waals surface area contributed by atoms with Crippen LogP contribution in [0.1, 0.15) is 12.5 Å². The molecule has 0 atom stereocenters. The summed E-state index contributed by atoms with van der Waals surface area (Å²) in [5.74, 6) is 0.155. The number of nitrogens with one attached hydrogen (secondary N) is 1. The van der Waals surface area contributed by atoms with E-state index in [0.29, 0.717) is 23.7 Å². The molecule has 6 nitrogen and oxygen atoms in total. The maximum absolute atomic E-state index is 11.9. The van der Waals surface area contributed by atoms with Gasteiger partial charge in [0.15, 0.2) is 18.1 Å².